The molecule has 98 valence electrons. The third-order valence-corrected chi connectivity index (χ3v) is 5.40. The van der Waals surface area contributed by atoms with Crippen molar-refractivity contribution in [1.29, 1.82) is 0 Å². The summed E-state index contributed by atoms with van der Waals surface area (Å²) in [6, 6.07) is 0. The van der Waals surface area contributed by atoms with Crippen molar-refractivity contribution in [3.05, 3.63) is 0 Å². The predicted octanol–water partition coefficient (Wildman–Crippen LogP) is 5.95. The minimum absolute atomic E-state index is 1.11. The van der Waals surface area contributed by atoms with Crippen molar-refractivity contribution in [3.8, 4) is 0 Å². The second kappa shape index (κ2) is 7.49. The van der Waals surface area contributed by atoms with Gasteiger partial charge in [-0.1, -0.05) is 102 Å². The van der Waals surface area contributed by atoms with Crippen molar-refractivity contribution in [2.24, 2.45) is 0 Å². The molecule has 2 aliphatic rings. The van der Waals surface area contributed by atoms with E-state index in [-0.39, 0.29) is 0 Å². The molecule has 0 aliphatic heterocycles. The molecular weight excluding hydrogens is 203 g/mol. The van der Waals surface area contributed by atoms with E-state index in [9.17, 15) is 0 Å². The topological polar surface area (TPSA) is 0 Å². The van der Waals surface area contributed by atoms with Crippen LogP contribution >= 0.6 is 0 Å². The molecule has 0 saturated heterocycles. The average molecular weight is 234 g/mol. The van der Waals surface area contributed by atoms with Gasteiger partial charge in [0.15, 0.2) is 0 Å². The van der Waals surface area contributed by atoms with Gasteiger partial charge >= 0.3 is 0 Å². The first-order valence-corrected chi connectivity index (χ1v) is 8.42. The van der Waals surface area contributed by atoms with Gasteiger partial charge in [-0.25, -0.2) is 0 Å². The molecule has 0 aromatic carbocycles. The Labute approximate surface area is 109 Å². The second-order valence-corrected chi connectivity index (χ2v) is 6.60. The van der Waals surface area contributed by atoms with Gasteiger partial charge in [-0.05, 0) is 0 Å². The summed E-state index contributed by atoms with van der Waals surface area (Å²) >= 11 is 0. The molecule has 0 aromatic heterocycles. The molecule has 0 nitrogen and oxygen atoms in total. The molecule has 0 amide bonds. The fourth-order valence-electron chi connectivity index (χ4n) is 4.42. The summed E-state index contributed by atoms with van der Waals surface area (Å²) in [7, 11) is 0. The summed E-state index contributed by atoms with van der Waals surface area (Å²) in [5.41, 5.74) is 0. The van der Waals surface area contributed by atoms with Gasteiger partial charge < -0.3 is 0 Å². The van der Waals surface area contributed by atoms with E-state index < -0.39 is 0 Å². The molecule has 1 heteroatoms. The Balaban J connectivity index is 1.90. The highest BCUT2D eigenvalue weighted by molar-refractivity contribution is 6.62. The fraction of sp³-hybridized carbons (Fsp3) is 1.00. The van der Waals surface area contributed by atoms with Crippen molar-refractivity contribution in [3.63, 3.8) is 0 Å². The minimum Gasteiger partial charge on any atom is -0.0737 e. The number of rotatable bonds is 5. The molecule has 2 fully saturated rings. The van der Waals surface area contributed by atoms with Gasteiger partial charge in [0.25, 0.3) is 0 Å². The molecule has 0 spiro atoms. The predicted molar refractivity (Wildman–Crippen MR) is 79.1 cm³/mol. The lowest BCUT2D eigenvalue weighted by molar-refractivity contribution is 0.459. The Bertz CT molecular complexity index is 172. The Morgan fingerprint density at radius 3 is 1.65 bits per heavy atom. The van der Waals surface area contributed by atoms with Crippen LogP contribution in [0.1, 0.15) is 84.0 Å². The summed E-state index contributed by atoms with van der Waals surface area (Å²) in [4.78, 5) is 0. The molecule has 2 aliphatic carbocycles. The average Bonchev–Trinajstić information content (AvgIpc) is 2.42. The summed E-state index contributed by atoms with van der Waals surface area (Å²) in [5.74, 6) is 2.22. The second-order valence-electron chi connectivity index (χ2n) is 6.60. The molecule has 2 saturated carbocycles. The number of hydrogen-bond acceptors (Lipinski definition) is 0. The first-order chi connectivity index (χ1) is 8.42. The summed E-state index contributed by atoms with van der Waals surface area (Å²) in [6.07, 6.45) is 19.8. The van der Waals surface area contributed by atoms with Crippen LogP contribution in [0.3, 0.4) is 0 Å². The molecule has 0 radical (unpaired) electrons. The maximum atomic E-state index is 2.36. The van der Waals surface area contributed by atoms with Gasteiger partial charge in [0.05, 0.1) is 0 Å². The highest BCUT2D eigenvalue weighted by atomic mass is 14.2. The summed E-state index contributed by atoms with van der Waals surface area (Å²) < 4.78 is 0. The summed E-state index contributed by atoms with van der Waals surface area (Å²) in [6.45, 7) is 3.47. The van der Waals surface area contributed by atoms with Crippen LogP contribution in [0.25, 0.3) is 0 Å². The van der Waals surface area contributed by atoms with Crippen LogP contribution in [0, 0.1) is 0 Å². The van der Waals surface area contributed by atoms with Crippen molar-refractivity contribution in [1.82, 2.24) is 0 Å². The zero-order valence-electron chi connectivity index (χ0n) is 11.9. The van der Waals surface area contributed by atoms with Crippen LogP contribution in [0.15, 0.2) is 0 Å². The van der Waals surface area contributed by atoms with Gasteiger partial charge in [0.2, 0.25) is 0 Å². The van der Waals surface area contributed by atoms with E-state index in [2.05, 4.69) is 6.92 Å². The first kappa shape index (κ1) is 13.5. The number of hydrogen-bond donors (Lipinski definition) is 0. The Kier molecular flexibility index (Phi) is 5.94. The molecule has 0 heterocycles. The third kappa shape index (κ3) is 4.03. The molecule has 0 unspecified atom stereocenters. The van der Waals surface area contributed by atoms with Crippen molar-refractivity contribution < 1.29 is 0 Å². The Morgan fingerprint density at radius 2 is 1.24 bits per heavy atom. The van der Waals surface area contributed by atoms with Crippen LogP contribution < -0.4 is 0 Å². The van der Waals surface area contributed by atoms with E-state index in [4.69, 9.17) is 0 Å². The van der Waals surface area contributed by atoms with E-state index in [1.54, 1.807) is 32.0 Å². The lowest BCUT2D eigenvalue weighted by atomic mass is 9.28. The monoisotopic (exact) mass is 234 g/mol. The van der Waals surface area contributed by atoms with Crippen LogP contribution in [-0.2, 0) is 0 Å². The molecule has 17 heavy (non-hydrogen) atoms. The van der Waals surface area contributed by atoms with Crippen molar-refractivity contribution >= 4 is 6.71 Å². The molecule has 0 bridgehead atoms. The maximum absolute atomic E-state index is 2.36. The van der Waals surface area contributed by atoms with E-state index in [0.29, 0.717) is 0 Å². The first-order valence-electron chi connectivity index (χ1n) is 8.42. The Morgan fingerprint density at radius 1 is 0.765 bits per heavy atom. The highest BCUT2D eigenvalue weighted by Gasteiger charge is 2.33. The fourth-order valence-corrected chi connectivity index (χ4v) is 4.42. The van der Waals surface area contributed by atoms with Gasteiger partial charge in [-0.2, -0.15) is 0 Å². The van der Waals surface area contributed by atoms with E-state index in [1.807, 2.05) is 0 Å². The molecule has 2 rings (SSSR count). The highest BCUT2D eigenvalue weighted by Crippen LogP contribution is 2.43. The van der Waals surface area contributed by atoms with E-state index >= 15 is 0 Å². The normalized spacial score (nSPS) is 23.8. The van der Waals surface area contributed by atoms with Crippen molar-refractivity contribution in [2.75, 3.05) is 0 Å². The quantitative estimate of drug-likeness (QED) is 0.515. The number of unbranched alkanes of at least 4 members (excludes halogenated alkanes) is 1. The third-order valence-electron chi connectivity index (χ3n) is 5.40. The largest absolute Gasteiger partial charge is 0.146 e. The van der Waals surface area contributed by atoms with E-state index in [1.165, 1.54) is 51.4 Å². The molecular formula is C16H31B. The molecule has 0 aromatic rings. The molecule has 0 atom stereocenters. The van der Waals surface area contributed by atoms with Crippen LogP contribution in [0.4, 0.5) is 0 Å². The standard InChI is InChI=1S/C16H31B/c1-2-3-14-17(15-10-6-4-7-11-15)16-12-8-5-9-13-16/h15-16H,2-14H2,1H3. The maximum Gasteiger partial charge on any atom is 0.146 e. The van der Waals surface area contributed by atoms with Gasteiger partial charge in [0.1, 0.15) is 6.71 Å². The van der Waals surface area contributed by atoms with Gasteiger partial charge in [-0.3, -0.25) is 0 Å². The minimum atomic E-state index is 1.11. The van der Waals surface area contributed by atoms with Crippen LogP contribution in [-0.4, -0.2) is 6.71 Å². The van der Waals surface area contributed by atoms with Crippen molar-refractivity contribution in [2.45, 2.75) is 102 Å². The van der Waals surface area contributed by atoms with Crippen LogP contribution in [0.2, 0.25) is 18.0 Å². The van der Waals surface area contributed by atoms with Crippen LogP contribution in [0.5, 0.6) is 0 Å². The summed E-state index contributed by atoms with van der Waals surface area (Å²) in [5, 5.41) is 0. The lowest BCUT2D eigenvalue weighted by Gasteiger charge is -2.35. The zero-order chi connectivity index (χ0) is 11.9. The van der Waals surface area contributed by atoms with E-state index in [0.717, 1.165) is 18.3 Å². The Hall–Kier alpha value is 0.0649. The zero-order valence-corrected chi connectivity index (χ0v) is 11.9. The van der Waals surface area contributed by atoms with Gasteiger partial charge in [-0.15, -0.1) is 0 Å². The smallest absolute Gasteiger partial charge is 0.0737 e. The lowest BCUT2D eigenvalue weighted by Crippen LogP contribution is -2.29. The SMILES string of the molecule is CCCCB(C1CCCCC1)C1CCCCC1. The van der Waals surface area contributed by atoms with Gasteiger partial charge in [0, 0.05) is 0 Å². The molecule has 0 N–H and O–H groups in total.